The number of carboxylic acid groups (broad SMARTS) is 2. The standard InChI is InChI=1S/C40H44Cl2N4O10.4H2S/c1-21-23(19-55-37-31(41)11-25(35(43-37)53-3)15-45-17-27(47)13-33(45)39(49)50)7-5-9-29(21)30-10-6-8-24(22(30)2)20-56-38-32(42)12-26(36(44-38)54-4)16-46-18-28(48)14-34(46)40(51)52;;;;/h5-12,27-28,33-34,47-48H,13-20H2,1-4H3,(H,49,50)(H,51,52);4*1H2/t27-,28-,33-,34-;;;;/m0..../s1. The Morgan fingerprint density at radius 3 is 1.35 bits per heavy atom. The van der Waals surface area contributed by atoms with Gasteiger partial charge in [0.1, 0.15) is 35.3 Å². The fraction of sp³-hybridized carbons (Fsp3) is 0.400. The number of ether oxygens (including phenoxy) is 4. The maximum Gasteiger partial charge on any atom is 0.321 e. The molecule has 2 aromatic heterocycles. The van der Waals surface area contributed by atoms with Crippen LogP contribution in [0, 0.1) is 13.8 Å². The van der Waals surface area contributed by atoms with E-state index >= 15 is 0 Å². The highest BCUT2D eigenvalue weighted by Crippen LogP contribution is 2.36. The molecule has 330 valence electrons. The molecule has 20 heteroatoms. The number of hydrogen-bond donors (Lipinski definition) is 4. The average molecular weight is 948 g/mol. The number of aliphatic hydroxyl groups excluding tert-OH is 2. The Hall–Kier alpha value is -3.30. The number of methoxy groups -OCH3 is 2. The Labute approximate surface area is 386 Å². The molecule has 2 aromatic carbocycles. The van der Waals surface area contributed by atoms with Crippen molar-refractivity contribution in [2.75, 3.05) is 27.3 Å². The van der Waals surface area contributed by atoms with Gasteiger partial charge in [-0.05, 0) is 59.4 Å². The van der Waals surface area contributed by atoms with E-state index in [1.807, 2.05) is 50.2 Å². The number of likely N-dealkylation sites (tertiary alicyclic amines) is 2. The van der Waals surface area contributed by atoms with Crippen molar-refractivity contribution in [3.05, 3.63) is 92.0 Å². The molecule has 4 heterocycles. The Morgan fingerprint density at radius 1 is 0.650 bits per heavy atom. The lowest BCUT2D eigenvalue weighted by Gasteiger charge is -2.22. The third-order valence-corrected chi connectivity index (χ3v) is 10.9. The maximum absolute atomic E-state index is 11.7. The van der Waals surface area contributed by atoms with Gasteiger partial charge in [0.15, 0.2) is 0 Å². The smallest absolute Gasteiger partial charge is 0.321 e. The SMILES string of the molecule is COc1nc(OCc2cccc(-c3cccc(COc4nc(OC)c(CN5C[C@@H](O)C[C@H]5C(=O)O)cc4Cl)c3C)c2C)c(Cl)cc1CN1C[C@@H](O)C[C@H]1C(=O)O.S.S.S.S. The first-order chi connectivity index (χ1) is 26.8. The van der Waals surface area contributed by atoms with Crippen LogP contribution < -0.4 is 18.9 Å². The van der Waals surface area contributed by atoms with Crippen LogP contribution >= 0.6 is 77.2 Å². The second-order valence-corrected chi connectivity index (χ2v) is 14.8. The van der Waals surface area contributed by atoms with Gasteiger partial charge in [0, 0.05) is 50.1 Å². The molecule has 4 aromatic rings. The second-order valence-electron chi connectivity index (χ2n) is 14.0. The lowest BCUT2D eigenvalue weighted by atomic mass is 9.92. The lowest BCUT2D eigenvalue weighted by molar-refractivity contribution is -0.143. The van der Waals surface area contributed by atoms with Crippen LogP contribution in [0.3, 0.4) is 0 Å². The lowest BCUT2D eigenvalue weighted by Crippen LogP contribution is -2.35. The van der Waals surface area contributed by atoms with Crippen molar-refractivity contribution in [1.29, 1.82) is 0 Å². The summed E-state index contributed by atoms with van der Waals surface area (Å²) in [4.78, 5) is 35.8. The summed E-state index contributed by atoms with van der Waals surface area (Å²) in [5, 5.41) is 39.8. The molecule has 2 aliphatic heterocycles. The van der Waals surface area contributed by atoms with Gasteiger partial charge in [0.25, 0.3) is 0 Å². The van der Waals surface area contributed by atoms with E-state index in [0.717, 1.165) is 33.4 Å². The topological polar surface area (TPSA) is 184 Å². The van der Waals surface area contributed by atoms with Crippen LogP contribution in [-0.4, -0.2) is 104 Å². The number of nitrogens with zero attached hydrogens (tertiary/aromatic N) is 4. The molecule has 0 saturated carbocycles. The van der Waals surface area contributed by atoms with Crippen LogP contribution in [-0.2, 0) is 35.9 Å². The van der Waals surface area contributed by atoms with E-state index in [1.54, 1.807) is 21.9 Å². The molecule has 2 fully saturated rings. The molecule has 0 radical (unpaired) electrons. The summed E-state index contributed by atoms with van der Waals surface area (Å²) >= 11 is 13.2. The van der Waals surface area contributed by atoms with Crippen molar-refractivity contribution in [3.63, 3.8) is 0 Å². The first-order valence-corrected chi connectivity index (χ1v) is 18.7. The van der Waals surface area contributed by atoms with Crippen molar-refractivity contribution in [1.82, 2.24) is 19.8 Å². The van der Waals surface area contributed by atoms with E-state index in [1.165, 1.54) is 14.2 Å². The molecule has 0 amide bonds. The van der Waals surface area contributed by atoms with Gasteiger partial charge in [-0.1, -0.05) is 59.6 Å². The normalized spacial score (nSPS) is 18.6. The fourth-order valence-electron chi connectivity index (χ4n) is 7.39. The summed E-state index contributed by atoms with van der Waals surface area (Å²) in [5.41, 5.74) is 6.92. The minimum atomic E-state index is -1.01. The van der Waals surface area contributed by atoms with Crippen molar-refractivity contribution in [2.45, 2.75) is 77.3 Å². The predicted molar refractivity (Wildman–Crippen MR) is 248 cm³/mol. The summed E-state index contributed by atoms with van der Waals surface area (Å²) in [6.07, 6.45) is -1.20. The van der Waals surface area contributed by atoms with Crippen molar-refractivity contribution >= 4 is 89.1 Å². The number of pyridine rings is 2. The number of hydrogen-bond acceptors (Lipinski definition) is 12. The number of β-amino-alcohol motifs (C(OH)–C–C–N with tert-alkyl or cyclic N) is 2. The first kappa shape index (κ1) is 52.8. The van der Waals surface area contributed by atoms with Crippen molar-refractivity contribution in [2.24, 2.45) is 0 Å². The minimum Gasteiger partial charge on any atom is -0.481 e. The monoisotopic (exact) mass is 946 g/mol. The van der Waals surface area contributed by atoms with Crippen LogP contribution in [0.1, 0.15) is 46.2 Å². The van der Waals surface area contributed by atoms with Gasteiger partial charge in [-0.15, -0.1) is 0 Å². The number of carboxylic acids is 2. The van der Waals surface area contributed by atoms with Crippen LogP contribution in [0.2, 0.25) is 10.0 Å². The molecule has 6 rings (SSSR count). The van der Waals surface area contributed by atoms with Crippen LogP contribution in [0.25, 0.3) is 11.1 Å². The Morgan fingerprint density at radius 2 is 1.02 bits per heavy atom. The molecule has 2 aliphatic rings. The third-order valence-electron chi connectivity index (χ3n) is 10.3. The van der Waals surface area contributed by atoms with Crippen molar-refractivity contribution < 1.29 is 49.0 Å². The zero-order chi connectivity index (χ0) is 40.3. The first-order valence-electron chi connectivity index (χ1n) is 18.0. The summed E-state index contributed by atoms with van der Waals surface area (Å²) in [5.74, 6) is -1.18. The van der Waals surface area contributed by atoms with Gasteiger partial charge in [0.05, 0.1) is 26.4 Å². The fourth-order valence-corrected chi connectivity index (χ4v) is 7.84. The van der Waals surface area contributed by atoms with Crippen LogP contribution in [0.15, 0.2) is 48.5 Å². The molecule has 0 bridgehead atoms. The summed E-state index contributed by atoms with van der Waals surface area (Å²) < 4.78 is 23.3. The van der Waals surface area contributed by atoms with Gasteiger partial charge in [-0.2, -0.15) is 64.0 Å². The summed E-state index contributed by atoms with van der Waals surface area (Å²) in [7, 11) is 2.93. The highest BCUT2D eigenvalue weighted by Gasteiger charge is 2.37. The van der Waals surface area contributed by atoms with E-state index in [2.05, 4.69) is 9.97 Å². The maximum atomic E-state index is 11.7. The quantitative estimate of drug-likeness (QED) is 0.113. The molecule has 2 saturated heterocycles. The van der Waals surface area contributed by atoms with Crippen molar-refractivity contribution in [3.8, 4) is 34.6 Å². The highest BCUT2D eigenvalue weighted by molar-refractivity contribution is 7.59. The largest absolute Gasteiger partial charge is 0.481 e. The van der Waals surface area contributed by atoms with E-state index in [0.29, 0.717) is 11.1 Å². The van der Waals surface area contributed by atoms with Gasteiger partial charge in [-0.25, -0.2) is 0 Å². The number of aromatic nitrogens is 2. The Kier molecular flexibility index (Phi) is 20.5. The van der Waals surface area contributed by atoms with E-state index < -0.39 is 36.2 Å². The molecule has 14 nitrogen and oxygen atoms in total. The third kappa shape index (κ3) is 12.0. The van der Waals surface area contributed by atoms with E-state index in [4.69, 9.17) is 42.1 Å². The van der Waals surface area contributed by atoms with E-state index in [9.17, 15) is 30.0 Å². The molecule has 4 atom stereocenters. The number of aliphatic carboxylic acids is 2. The zero-order valence-corrected chi connectivity index (χ0v) is 38.9. The van der Waals surface area contributed by atoms with Gasteiger partial charge in [0.2, 0.25) is 23.5 Å². The van der Waals surface area contributed by atoms with Gasteiger partial charge < -0.3 is 39.4 Å². The molecule has 0 spiro atoms. The summed E-state index contributed by atoms with van der Waals surface area (Å²) in [6.45, 7) is 5.13. The average Bonchev–Trinajstić information content (AvgIpc) is 3.73. The summed E-state index contributed by atoms with van der Waals surface area (Å²) in [6, 6.07) is 13.5. The van der Waals surface area contributed by atoms with Gasteiger partial charge >= 0.3 is 11.9 Å². The molecule has 0 aliphatic carbocycles. The molecular weight excluding hydrogens is 896 g/mol. The predicted octanol–water partition coefficient (Wildman–Crippen LogP) is 5.73. The Balaban J connectivity index is 0.00000310. The molecule has 4 N–H and O–H groups in total. The number of rotatable bonds is 15. The second kappa shape index (κ2) is 23.2. The minimum absolute atomic E-state index is 0. The molecule has 60 heavy (non-hydrogen) atoms. The molecular formula is C40H52Cl2N4O10S4. The van der Waals surface area contributed by atoms with Crippen LogP contribution in [0.4, 0.5) is 0 Å². The number of carbonyl (C=O) groups is 2. The Bertz CT molecular complexity index is 1980. The van der Waals surface area contributed by atoms with Gasteiger partial charge in [-0.3, -0.25) is 19.4 Å². The van der Waals surface area contributed by atoms with E-state index in [-0.39, 0.29) is 140 Å². The van der Waals surface area contributed by atoms with Crippen LogP contribution in [0.5, 0.6) is 23.5 Å². The number of halogens is 2. The zero-order valence-electron chi connectivity index (χ0n) is 33.4. The number of benzene rings is 2. The molecule has 0 unspecified atom stereocenters. The number of aliphatic hydroxyl groups is 2. The highest BCUT2D eigenvalue weighted by atomic mass is 35.5.